The number of Topliss-reactive ketones (excluding diaryl/α,β-unsaturated/α-hetero) is 1. The second-order valence-electron chi connectivity index (χ2n) is 4.03. The van der Waals surface area contributed by atoms with Crippen LogP contribution >= 0.6 is 11.3 Å². The van der Waals surface area contributed by atoms with Crippen molar-refractivity contribution in [1.82, 2.24) is 10.3 Å². The van der Waals surface area contributed by atoms with Crippen molar-refractivity contribution in [3.05, 3.63) is 16.1 Å². The van der Waals surface area contributed by atoms with Gasteiger partial charge in [-0.3, -0.25) is 4.79 Å². The Kier molecular flexibility index (Phi) is 3.49. The van der Waals surface area contributed by atoms with Crippen LogP contribution < -0.4 is 5.32 Å². The summed E-state index contributed by atoms with van der Waals surface area (Å²) in [5, 5.41) is 6.31. The molecule has 0 saturated carbocycles. The predicted octanol–water partition coefficient (Wildman–Crippen LogP) is 1.56. The highest BCUT2D eigenvalue weighted by molar-refractivity contribution is 7.09. The number of hydrogen-bond acceptors (Lipinski definition) is 4. The van der Waals surface area contributed by atoms with Crippen molar-refractivity contribution >= 4 is 17.1 Å². The number of piperidine rings is 1. The normalized spacial score (nSPS) is 17.9. The van der Waals surface area contributed by atoms with E-state index >= 15 is 0 Å². The molecule has 1 saturated heterocycles. The molecule has 0 aromatic carbocycles. The molecule has 2 heterocycles. The van der Waals surface area contributed by atoms with Gasteiger partial charge in [0.25, 0.3) is 0 Å². The van der Waals surface area contributed by atoms with E-state index < -0.39 is 0 Å². The minimum atomic E-state index is 0.258. The van der Waals surface area contributed by atoms with Gasteiger partial charge >= 0.3 is 0 Å². The molecule has 1 fully saturated rings. The Morgan fingerprint density at radius 1 is 1.60 bits per heavy atom. The summed E-state index contributed by atoms with van der Waals surface area (Å²) in [5.74, 6) is 0.620. The van der Waals surface area contributed by atoms with Crippen LogP contribution in [-0.4, -0.2) is 23.9 Å². The summed E-state index contributed by atoms with van der Waals surface area (Å²) in [7, 11) is 0. The van der Waals surface area contributed by atoms with Crippen LogP contribution in [0, 0.1) is 12.8 Å². The quantitative estimate of drug-likeness (QED) is 0.847. The number of carbonyl (C=O) groups excluding carboxylic acids is 1. The van der Waals surface area contributed by atoms with Gasteiger partial charge in [0.1, 0.15) is 5.78 Å². The molecule has 1 aromatic heterocycles. The first-order valence-corrected chi connectivity index (χ1v) is 6.28. The van der Waals surface area contributed by atoms with Crippen LogP contribution in [0.1, 0.15) is 23.5 Å². The zero-order valence-electron chi connectivity index (χ0n) is 8.95. The molecule has 2 rings (SSSR count). The van der Waals surface area contributed by atoms with Gasteiger partial charge in [0.15, 0.2) is 0 Å². The zero-order valence-corrected chi connectivity index (χ0v) is 9.77. The summed E-state index contributed by atoms with van der Waals surface area (Å²) >= 11 is 1.62. The van der Waals surface area contributed by atoms with E-state index in [9.17, 15) is 4.79 Å². The lowest BCUT2D eigenvalue weighted by atomic mass is 9.91. The van der Waals surface area contributed by atoms with Crippen LogP contribution in [0.4, 0.5) is 0 Å². The van der Waals surface area contributed by atoms with Gasteiger partial charge in [0.05, 0.1) is 10.7 Å². The Morgan fingerprint density at radius 2 is 2.33 bits per heavy atom. The van der Waals surface area contributed by atoms with E-state index in [0.717, 1.165) is 36.6 Å². The zero-order chi connectivity index (χ0) is 10.7. The topological polar surface area (TPSA) is 42.0 Å². The van der Waals surface area contributed by atoms with Gasteiger partial charge in [-0.2, -0.15) is 0 Å². The second-order valence-corrected chi connectivity index (χ2v) is 5.09. The van der Waals surface area contributed by atoms with Crippen LogP contribution in [0.2, 0.25) is 0 Å². The molecule has 0 aliphatic carbocycles. The van der Waals surface area contributed by atoms with Crippen molar-refractivity contribution in [2.24, 2.45) is 5.92 Å². The fraction of sp³-hybridized carbons (Fsp3) is 0.636. The van der Waals surface area contributed by atoms with Gasteiger partial charge < -0.3 is 5.32 Å². The van der Waals surface area contributed by atoms with Crippen LogP contribution in [-0.2, 0) is 11.2 Å². The highest BCUT2D eigenvalue weighted by Crippen LogP contribution is 2.16. The summed E-state index contributed by atoms with van der Waals surface area (Å²) < 4.78 is 0. The molecule has 15 heavy (non-hydrogen) atoms. The summed E-state index contributed by atoms with van der Waals surface area (Å²) in [6.07, 6.45) is 2.50. The molecule has 0 spiro atoms. The summed E-state index contributed by atoms with van der Waals surface area (Å²) in [6.45, 7) is 3.93. The minimum Gasteiger partial charge on any atom is -0.317 e. The molecule has 4 heteroatoms. The van der Waals surface area contributed by atoms with Gasteiger partial charge in [-0.1, -0.05) is 0 Å². The van der Waals surface area contributed by atoms with E-state index in [1.807, 2.05) is 12.3 Å². The summed E-state index contributed by atoms with van der Waals surface area (Å²) in [6, 6.07) is 0. The van der Waals surface area contributed by atoms with E-state index in [1.54, 1.807) is 11.3 Å². The first-order chi connectivity index (χ1) is 7.25. The lowest BCUT2D eigenvalue weighted by Crippen LogP contribution is -2.32. The monoisotopic (exact) mass is 224 g/mol. The minimum absolute atomic E-state index is 0.258. The lowest BCUT2D eigenvalue weighted by molar-refractivity contribution is -0.122. The number of aromatic nitrogens is 1. The molecule has 0 atom stereocenters. The molecule has 0 amide bonds. The third-order valence-electron chi connectivity index (χ3n) is 2.82. The van der Waals surface area contributed by atoms with E-state index in [1.165, 1.54) is 0 Å². The fourth-order valence-corrected chi connectivity index (χ4v) is 2.57. The third kappa shape index (κ3) is 2.86. The van der Waals surface area contributed by atoms with Crippen LogP contribution in [0.5, 0.6) is 0 Å². The first kappa shape index (κ1) is 10.8. The van der Waals surface area contributed by atoms with Crippen molar-refractivity contribution < 1.29 is 4.79 Å². The summed E-state index contributed by atoms with van der Waals surface area (Å²) in [5.41, 5.74) is 0.945. The van der Waals surface area contributed by atoms with Crippen molar-refractivity contribution in [2.45, 2.75) is 26.2 Å². The van der Waals surface area contributed by atoms with E-state index in [-0.39, 0.29) is 5.92 Å². The lowest BCUT2D eigenvalue weighted by Gasteiger charge is -2.20. The first-order valence-electron chi connectivity index (χ1n) is 5.40. The van der Waals surface area contributed by atoms with Gasteiger partial charge in [0.2, 0.25) is 0 Å². The largest absolute Gasteiger partial charge is 0.317 e. The maximum absolute atomic E-state index is 11.9. The average Bonchev–Trinajstić information content (AvgIpc) is 2.65. The number of nitrogens with zero attached hydrogens (tertiary/aromatic N) is 1. The van der Waals surface area contributed by atoms with Crippen LogP contribution in [0.3, 0.4) is 0 Å². The smallest absolute Gasteiger partial charge is 0.142 e. The van der Waals surface area contributed by atoms with E-state index in [0.29, 0.717) is 12.2 Å². The van der Waals surface area contributed by atoms with E-state index in [4.69, 9.17) is 0 Å². The van der Waals surface area contributed by atoms with Crippen molar-refractivity contribution in [1.29, 1.82) is 0 Å². The fourth-order valence-electron chi connectivity index (χ4n) is 1.96. The molecule has 0 radical (unpaired) electrons. The van der Waals surface area contributed by atoms with Crippen LogP contribution in [0.25, 0.3) is 0 Å². The number of thiazole rings is 1. The average molecular weight is 224 g/mol. The Balaban J connectivity index is 1.91. The van der Waals surface area contributed by atoms with Crippen molar-refractivity contribution in [2.75, 3.05) is 13.1 Å². The number of carbonyl (C=O) groups is 1. The summed E-state index contributed by atoms with van der Waals surface area (Å²) in [4.78, 5) is 16.2. The Labute approximate surface area is 93.9 Å². The van der Waals surface area contributed by atoms with Crippen LogP contribution in [0.15, 0.2) is 5.38 Å². The number of rotatable bonds is 3. The molecule has 1 aromatic rings. The predicted molar refractivity (Wildman–Crippen MR) is 61.2 cm³/mol. The van der Waals surface area contributed by atoms with Gasteiger partial charge in [-0.05, 0) is 32.9 Å². The van der Waals surface area contributed by atoms with Gasteiger partial charge in [-0.25, -0.2) is 4.98 Å². The standard InChI is InChI=1S/C11H16N2OS/c1-8-13-10(7-15-8)6-11(14)9-2-4-12-5-3-9/h7,9,12H,2-6H2,1H3. The van der Waals surface area contributed by atoms with Crippen molar-refractivity contribution in [3.63, 3.8) is 0 Å². The Morgan fingerprint density at radius 3 is 2.93 bits per heavy atom. The maximum atomic E-state index is 11.9. The van der Waals surface area contributed by atoms with Gasteiger partial charge in [-0.15, -0.1) is 11.3 Å². The third-order valence-corrected chi connectivity index (χ3v) is 3.64. The molecule has 0 unspecified atom stereocenters. The second kappa shape index (κ2) is 4.86. The molecule has 1 N–H and O–H groups in total. The molecule has 82 valence electrons. The molecule has 0 bridgehead atoms. The Hall–Kier alpha value is -0.740. The molecule has 3 nitrogen and oxygen atoms in total. The molecular formula is C11H16N2OS. The SMILES string of the molecule is Cc1nc(CC(=O)C2CCNCC2)cs1. The maximum Gasteiger partial charge on any atom is 0.142 e. The molecular weight excluding hydrogens is 208 g/mol. The van der Waals surface area contributed by atoms with Gasteiger partial charge in [0, 0.05) is 17.7 Å². The highest BCUT2D eigenvalue weighted by atomic mass is 32.1. The van der Waals surface area contributed by atoms with Crippen molar-refractivity contribution in [3.8, 4) is 0 Å². The number of hydrogen-bond donors (Lipinski definition) is 1. The highest BCUT2D eigenvalue weighted by Gasteiger charge is 2.21. The Bertz CT molecular complexity index is 342. The number of aryl methyl sites for hydroxylation is 1. The molecule has 1 aliphatic heterocycles. The number of ketones is 1. The number of nitrogens with one attached hydrogen (secondary N) is 1. The van der Waals surface area contributed by atoms with E-state index in [2.05, 4.69) is 10.3 Å². The molecule has 1 aliphatic rings.